The minimum atomic E-state index is -0.681. The molecule has 8 heteroatoms. The van der Waals surface area contributed by atoms with E-state index in [0.29, 0.717) is 16.9 Å². The molecule has 0 aliphatic carbocycles. The molecule has 1 heterocycles. The molecule has 0 aliphatic heterocycles. The Morgan fingerprint density at radius 1 is 1.08 bits per heavy atom. The summed E-state index contributed by atoms with van der Waals surface area (Å²) < 4.78 is 0. The maximum absolute atomic E-state index is 11.8. The molecule has 120 valence electrons. The highest BCUT2D eigenvalue weighted by molar-refractivity contribution is 5.84. The van der Waals surface area contributed by atoms with Crippen molar-refractivity contribution < 1.29 is 14.6 Å². The summed E-state index contributed by atoms with van der Waals surface area (Å²) in [5.41, 5.74) is 1.80. The molecular formula is C16H12N4O4. The van der Waals surface area contributed by atoms with E-state index in [-0.39, 0.29) is 5.69 Å². The van der Waals surface area contributed by atoms with Gasteiger partial charge < -0.3 is 0 Å². The lowest BCUT2D eigenvalue weighted by molar-refractivity contribution is -0.384. The van der Waals surface area contributed by atoms with Gasteiger partial charge in [0.1, 0.15) is 0 Å². The van der Waals surface area contributed by atoms with Crippen molar-refractivity contribution >= 4 is 17.5 Å². The molecule has 0 spiro atoms. The lowest BCUT2D eigenvalue weighted by atomic mass is 10.1. The third kappa shape index (κ3) is 3.55. The van der Waals surface area contributed by atoms with Crippen LogP contribution in [0.1, 0.15) is 0 Å². The molecule has 1 aromatic heterocycles. The number of hydrogen-bond acceptors (Lipinski definition) is 5. The van der Waals surface area contributed by atoms with Crippen molar-refractivity contribution in [3.8, 4) is 11.3 Å². The van der Waals surface area contributed by atoms with Gasteiger partial charge in [0.2, 0.25) is 0 Å². The third-order valence-electron chi connectivity index (χ3n) is 3.14. The van der Waals surface area contributed by atoms with Crippen LogP contribution in [0, 0.1) is 10.1 Å². The molecule has 0 saturated heterocycles. The zero-order valence-corrected chi connectivity index (χ0v) is 12.3. The molecule has 3 aromatic rings. The van der Waals surface area contributed by atoms with Gasteiger partial charge in [0.15, 0.2) is 0 Å². The molecule has 8 nitrogen and oxygen atoms in total. The van der Waals surface area contributed by atoms with Crippen molar-refractivity contribution in [2.75, 3.05) is 5.32 Å². The first-order chi connectivity index (χ1) is 11.6. The number of anilines is 1. The van der Waals surface area contributed by atoms with Gasteiger partial charge in [-0.25, -0.2) is 4.79 Å². The second-order valence-electron chi connectivity index (χ2n) is 4.78. The van der Waals surface area contributed by atoms with Gasteiger partial charge in [-0.2, -0.15) is 0 Å². The minimum absolute atomic E-state index is 0.00308. The third-order valence-corrected chi connectivity index (χ3v) is 3.14. The van der Waals surface area contributed by atoms with Crippen LogP contribution in [-0.2, 0) is 0 Å². The Morgan fingerprint density at radius 3 is 2.46 bits per heavy atom. The van der Waals surface area contributed by atoms with E-state index in [0.717, 1.165) is 4.85 Å². The topological polar surface area (TPSA) is 99.3 Å². The summed E-state index contributed by atoms with van der Waals surface area (Å²) in [6.45, 7) is 0. The van der Waals surface area contributed by atoms with Crippen LogP contribution in [0.15, 0.2) is 66.9 Å². The molecule has 0 fully saturated rings. The van der Waals surface area contributed by atoms with Crippen LogP contribution in [0.25, 0.3) is 11.3 Å². The van der Waals surface area contributed by atoms with Gasteiger partial charge in [0.25, 0.3) is 5.69 Å². The number of carbonyl (C=O) groups is 1. The Bertz CT molecular complexity index is 859. The van der Waals surface area contributed by atoms with Crippen molar-refractivity contribution in [2.24, 2.45) is 0 Å². The normalized spacial score (nSPS) is 10.2. The standard InChI is InChI=1S/C16H12N4O4/c21-16(17-13-4-2-1-3-5-13)24-19-11-10-15(18-19)12-6-8-14(9-7-12)20(22)23/h1-11H,(H,17,21). The number of nitro benzene ring substituents is 1. The smallest absolute Gasteiger partial charge is 0.299 e. The predicted molar refractivity (Wildman–Crippen MR) is 86.4 cm³/mol. The molecule has 0 radical (unpaired) electrons. The number of para-hydroxylation sites is 1. The summed E-state index contributed by atoms with van der Waals surface area (Å²) in [7, 11) is 0. The van der Waals surface area contributed by atoms with Gasteiger partial charge in [-0.15, -0.1) is 5.10 Å². The summed E-state index contributed by atoms with van der Waals surface area (Å²) in [5, 5.41) is 17.3. The first-order valence-corrected chi connectivity index (χ1v) is 6.97. The van der Waals surface area contributed by atoms with Crippen LogP contribution < -0.4 is 10.2 Å². The molecule has 24 heavy (non-hydrogen) atoms. The molecule has 0 bridgehead atoms. The largest absolute Gasteiger partial charge is 0.437 e. The highest BCUT2D eigenvalue weighted by atomic mass is 16.7. The van der Waals surface area contributed by atoms with E-state index in [1.807, 2.05) is 6.07 Å². The first-order valence-electron chi connectivity index (χ1n) is 6.97. The fourth-order valence-electron chi connectivity index (χ4n) is 2.01. The van der Waals surface area contributed by atoms with Crippen LogP contribution in [0.4, 0.5) is 16.2 Å². The number of non-ortho nitro benzene ring substituents is 1. The summed E-state index contributed by atoms with van der Waals surface area (Å²) in [6.07, 6.45) is 0.793. The molecule has 1 N–H and O–H groups in total. The fraction of sp³-hybridized carbons (Fsp3) is 0. The van der Waals surface area contributed by atoms with E-state index in [1.165, 1.54) is 18.3 Å². The molecule has 0 saturated carbocycles. The van der Waals surface area contributed by atoms with Crippen molar-refractivity contribution in [1.29, 1.82) is 0 Å². The van der Waals surface area contributed by atoms with Crippen LogP contribution >= 0.6 is 0 Å². The lowest BCUT2D eigenvalue weighted by Crippen LogP contribution is -2.25. The van der Waals surface area contributed by atoms with E-state index in [9.17, 15) is 14.9 Å². The number of carbonyl (C=O) groups excluding carboxylic acids is 1. The monoisotopic (exact) mass is 324 g/mol. The number of nitrogens with zero attached hydrogens (tertiary/aromatic N) is 3. The Balaban J connectivity index is 1.67. The zero-order chi connectivity index (χ0) is 16.9. The minimum Gasteiger partial charge on any atom is -0.299 e. The Hall–Kier alpha value is -3.68. The van der Waals surface area contributed by atoms with E-state index < -0.39 is 11.0 Å². The van der Waals surface area contributed by atoms with Crippen LogP contribution in [0.5, 0.6) is 0 Å². The number of hydrogen-bond donors (Lipinski definition) is 1. The van der Waals surface area contributed by atoms with Crippen molar-refractivity contribution in [3.63, 3.8) is 0 Å². The van der Waals surface area contributed by atoms with Gasteiger partial charge in [0.05, 0.1) is 16.8 Å². The number of aromatic nitrogens is 2. The van der Waals surface area contributed by atoms with Gasteiger partial charge in [-0.1, -0.05) is 23.0 Å². The molecule has 2 aromatic carbocycles. The predicted octanol–water partition coefficient (Wildman–Crippen LogP) is 3.12. The summed E-state index contributed by atoms with van der Waals surface area (Å²) >= 11 is 0. The number of nitrogens with one attached hydrogen (secondary N) is 1. The number of benzene rings is 2. The lowest BCUT2D eigenvalue weighted by Gasteiger charge is -2.05. The molecule has 0 unspecified atom stereocenters. The highest BCUT2D eigenvalue weighted by Gasteiger charge is 2.09. The highest BCUT2D eigenvalue weighted by Crippen LogP contribution is 2.20. The SMILES string of the molecule is O=C(Nc1ccccc1)On1ccc(-c2ccc([N+](=O)[O-])cc2)n1. The van der Waals surface area contributed by atoms with Gasteiger partial charge in [0, 0.05) is 23.4 Å². The average Bonchev–Trinajstić information content (AvgIpc) is 3.04. The zero-order valence-electron chi connectivity index (χ0n) is 12.3. The van der Waals surface area contributed by atoms with E-state index in [2.05, 4.69) is 10.4 Å². The molecule has 0 aliphatic rings. The molecule has 3 rings (SSSR count). The second kappa shape index (κ2) is 6.61. The summed E-state index contributed by atoms with van der Waals surface area (Å²) in [5.74, 6) is 0. The van der Waals surface area contributed by atoms with Gasteiger partial charge >= 0.3 is 6.09 Å². The van der Waals surface area contributed by atoms with E-state index in [4.69, 9.17) is 4.84 Å². The second-order valence-corrected chi connectivity index (χ2v) is 4.78. The van der Waals surface area contributed by atoms with Crippen LogP contribution in [0.3, 0.4) is 0 Å². The molecule has 0 atom stereocenters. The Labute approximate surface area is 136 Å². The quantitative estimate of drug-likeness (QED) is 0.587. The number of amides is 1. The Kier molecular flexibility index (Phi) is 4.19. The first kappa shape index (κ1) is 15.2. The van der Waals surface area contributed by atoms with Crippen LogP contribution in [0.2, 0.25) is 0 Å². The average molecular weight is 324 g/mol. The Morgan fingerprint density at radius 2 is 1.79 bits per heavy atom. The maximum atomic E-state index is 11.8. The summed E-state index contributed by atoms with van der Waals surface area (Å²) in [6, 6.07) is 16.4. The van der Waals surface area contributed by atoms with Gasteiger partial charge in [-0.05, 0) is 30.3 Å². The molecular weight excluding hydrogens is 312 g/mol. The number of nitro groups is 1. The van der Waals surface area contributed by atoms with Crippen molar-refractivity contribution in [1.82, 2.24) is 9.94 Å². The number of rotatable bonds is 4. The summed E-state index contributed by atoms with van der Waals surface area (Å²) in [4.78, 5) is 28.0. The molecule has 1 amide bonds. The van der Waals surface area contributed by atoms with Crippen molar-refractivity contribution in [2.45, 2.75) is 0 Å². The van der Waals surface area contributed by atoms with Gasteiger partial charge in [-0.3, -0.25) is 20.3 Å². The fourth-order valence-corrected chi connectivity index (χ4v) is 2.01. The maximum Gasteiger partial charge on any atom is 0.437 e. The van der Waals surface area contributed by atoms with Crippen LogP contribution in [-0.4, -0.2) is 21.0 Å². The van der Waals surface area contributed by atoms with E-state index >= 15 is 0 Å². The van der Waals surface area contributed by atoms with Crippen molar-refractivity contribution in [3.05, 3.63) is 77.0 Å². The van der Waals surface area contributed by atoms with E-state index in [1.54, 1.807) is 42.5 Å².